The van der Waals surface area contributed by atoms with Crippen LogP contribution in [0.25, 0.3) is 0 Å². The van der Waals surface area contributed by atoms with Crippen molar-refractivity contribution in [2.75, 3.05) is 0 Å². The summed E-state index contributed by atoms with van der Waals surface area (Å²) in [6, 6.07) is -0.00769. The first kappa shape index (κ1) is 12.5. The van der Waals surface area contributed by atoms with Crippen LogP contribution >= 0.6 is 0 Å². The summed E-state index contributed by atoms with van der Waals surface area (Å²) in [5.74, 6) is -0.701. The molecule has 3 N–H and O–H groups in total. The highest BCUT2D eigenvalue weighted by Gasteiger charge is 2.36. The molecule has 1 fully saturated rings. The van der Waals surface area contributed by atoms with Crippen molar-refractivity contribution in [1.82, 2.24) is 0 Å². The molecule has 1 aliphatic carbocycles. The lowest BCUT2D eigenvalue weighted by Gasteiger charge is -2.37. The van der Waals surface area contributed by atoms with Crippen LogP contribution in [0.15, 0.2) is 0 Å². The molecule has 0 saturated heterocycles. The van der Waals surface area contributed by atoms with Crippen LogP contribution in [0.3, 0.4) is 0 Å². The molecule has 0 heterocycles. The molecule has 0 radical (unpaired) electrons. The van der Waals surface area contributed by atoms with E-state index in [-0.39, 0.29) is 17.9 Å². The Morgan fingerprint density at radius 1 is 1.27 bits per heavy atom. The lowest BCUT2D eigenvalue weighted by molar-refractivity contribution is -0.140. The fraction of sp³-hybridized carbons (Fsp3) is 0.917. The van der Waals surface area contributed by atoms with Crippen molar-refractivity contribution >= 4 is 5.97 Å². The minimum Gasteiger partial charge on any atom is -0.481 e. The molecule has 0 bridgehead atoms. The third-order valence-corrected chi connectivity index (χ3v) is 3.82. The van der Waals surface area contributed by atoms with Gasteiger partial charge in [0.15, 0.2) is 0 Å². The third-order valence-electron chi connectivity index (χ3n) is 3.82. The first-order valence-corrected chi connectivity index (χ1v) is 6.04. The lowest BCUT2D eigenvalue weighted by Crippen LogP contribution is -2.41. The van der Waals surface area contributed by atoms with Crippen LogP contribution < -0.4 is 5.73 Å². The maximum Gasteiger partial charge on any atom is 0.303 e. The van der Waals surface area contributed by atoms with Gasteiger partial charge in [-0.1, -0.05) is 32.1 Å². The van der Waals surface area contributed by atoms with Gasteiger partial charge in [0, 0.05) is 6.04 Å². The fourth-order valence-corrected chi connectivity index (χ4v) is 2.70. The second kappa shape index (κ2) is 5.50. The Bertz CT molecular complexity index is 206. The van der Waals surface area contributed by atoms with Gasteiger partial charge in [0.1, 0.15) is 0 Å². The van der Waals surface area contributed by atoms with E-state index in [0.717, 1.165) is 25.7 Å². The van der Waals surface area contributed by atoms with Crippen molar-refractivity contribution in [1.29, 1.82) is 0 Å². The number of aliphatic carboxylic acids is 1. The molecule has 1 saturated carbocycles. The van der Waals surface area contributed by atoms with E-state index in [4.69, 9.17) is 10.8 Å². The van der Waals surface area contributed by atoms with E-state index in [1.165, 1.54) is 19.3 Å². The average molecular weight is 213 g/mol. The molecule has 0 amide bonds. The SMILES string of the molecule is CC(N)C1(CC(=O)O)CCCCCCC1. The zero-order chi connectivity index (χ0) is 11.3. The van der Waals surface area contributed by atoms with Gasteiger partial charge in [-0.05, 0) is 25.2 Å². The van der Waals surface area contributed by atoms with Gasteiger partial charge >= 0.3 is 5.97 Å². The van der Waals surface area contributed by atoms with E-state index in [1.54, 1.807) is 0 Å². The highest BCUT2D eigenvalue weighted by atomic mass is 16.4. The lowest BCUT2D eigenvalue weighted by atomic mass is 9.69. The summed E-state index contributed by atoms with van der Waals surface area (Å²) >= 11 is 0. The van der Waals surface area contributed by atoms with Crippen molar-refractivity contribution in [3.05, 3.63) is 0 Å². The molecular formula is C12H23NO2. The topological polar surface area (TPSA) is 63.3 Å². The normalized spacial score (nSPS) is 23.9. The monoisotopic (exact) mass is 213 g/mol. The van der Waals surface area contributed by atoms with Crippen LogP contribution in [0.2, 0.25) is 0 Å². The number of hydrogen-bond acceptors (Lipinski definition) is 2. The molecule has 88 valence electrons. The molecule has 3 heteroatoms. The predicted molar refractivity (Wildman–Crippen MR) is 60.7 cm³/mol. The van der Waals surface area contributed by atoms with Crippen molar-refractivity contribution < 1.29 is 9.90 Å². The molecule has 0 aromatic carbocycles. The summed E-state index contributed by atoms with van der Waals surface area (Å²) in [5, 5.41) is 8.99. The van der Waals surface area contributed by atoms with Crippen molar-refractivity contribution in [3.8, 4) is 0 Å². The Balaban J connectivity index is 2.70. The van der Waals surface area contributed by atoms with Crippen LogP contribution in [0, 0.1) is 5.41 Å². The highest BCUT2D eigenvalue weighted by Crippen LogP contribution is 2.39. The molecule has 1 aliphatic rings. The van der Waals surface area contributed by atoms with Gasteiger partial charge in [0.2, 0.25) is 0 Å². The minimum absolute atomic E-state index is 0.00769. The van der Waals surface area contributed by atoms with Gasteiger partial charge in [-0.25, -0.2) is 0 Å². The van der Waals surface area contributed by atoms with Gasteiger partial charge < -0.3 is 10.8 Å². The Morgan fingerprint density at radius 3 is 2.13 bits per heavy atom. The zero-order valence-electron chi connectivity index (χ0n) is 9.67. The number of carbonyl (C=O) groups is 1. The molecule has 1 rings (SSSR count). The van der Waals surface area contributed by atoms with Gasteiger partial charge in [-0.2, -0.15) is 0 Å². The summed E-state index contributed by atoms with van der Waals surface area (Å²) < 4.78 is 0. The smallest absolute Gasteiger partial charge is 0.303 e. The van der Waals surface area contributed by atoms with E-state index in [0.29, 0.717) is 0 Å². The van der Waals surface area contributed by atoms with Crippen molar-refractivity contribution in [2.24, 2.45) is 11.1 Å². The van der Waals surface area contributed by atoms with Gasteiger partial charge in [0.05, 0.1) is 6.42 Å². The summed E-state index contributed by atoms with van der Waals surface area (Å²) in [7, 11) is 0. The van der Waals surface area contributed by atoms with Crippen molar-refractivity contribution in [3.63, 3.8) is 0 Å². The minimum atomic E-state index is -0.701. The van der Waals surface area contributed by atoms with Crippen LogP contribution in [-0.4, -0.2) is 17.1 Å². The maximum absolute atomic E-state index is 10.9. The standard InChI is InChI=1S/C12H23NO2/c1-10(13)12(9-11(14)15)7-5-3-2-4-6-8-12/h10H,2-9,13H2,1H3,(H,14,15). The van der Waals surface area contributed by atoms with Crippen LogP contribution in [0.4, 0.5) is 0 Å². The van der Waals surface area contributed by atoms with Gasteiger partial charge in [-0.3, -0.25) is 4.79 Å². The Kier molecular flexibility index (Phi) is 4.58. The number of hydrogen-bond donors (Lipinski definition) is 2. The first-order valence-electron chi connectivity index (χ1n) is 6.04. The Labute approximate surface area is 92.0 Å². The molecule has 0 spiro atoms. The molecule has 0 aromatic heterocycles. The maximum atomic E-state index is 10.9. The van der Waals surface area contributed by atoms with Gasteiger partial charge in [0.25, 0.3) is 0 Å². The van der Waals surface area contributed by atoms with E-state index >= 15 is 0 Å². The number of nitrogens with two attached hydrogens (primary N) is 1. The third kappa shape index (κ3) is 3.49. The van der Waals surface area contributed by atoms with E-state index in [2.05, 4.69) is 0 Å². The molecule has 0 aliphatic heterocycles. The average Bonchev–Trinajstić information content (AvgIpc) is 2.08. The molecule has 1 atom stereocenters. The largest absolute Gasteiger partial charge is 0.481 e. The van der Waals surface area contributed by atoms with E-state index in [9.17, 15) is 4.79 Å². The summed E-state index contributed by atoms with van der Waals surface area (Å²) in [5.41, 5.74) is 5.86. The van der Waals surface area contributed by atoms with E-state index < -0.39 is 5.97 Å². The van der Waals surface area contributed by atoms with Crippen LogP contribution in [-0.2, 0) is 4.79 Å². The van der Waals surface area contributed by atoms with Crippen molar-refractivity contribution in [2.45, 2.75) is 64.3 Å². The first-order chi connectivity index (χ1) is 7.07. The fourth-order valence-electron chi connectivity index (χ4n) is 2.70. The Hall–Kier alpha value is -0.570. The Morgan fingerprint density at radius 2 is 1.73 bits per heavy atom. The molecule has 3 nitrogen and oxygen atoms in total. The molecule has 0 aromatic rings. The zero-order valence-corrected chi connectivity index (χ0v) is 9.67. The summed E-state index contributed by atoms with van der Waals surface area (Å²) in [6.45, 7) is 1.96. The highest BCUT2D eigenvalue weighted by molar-refractivity contribution is 5.67. The van der Waals surface area contributed by atoms with Crippen LogP contribution in [0.5, 0.6) is 0 Å². The van der Waals surface area contributed by atoms with Crippen LogP contribution in [0.1, 0.15) is 58.3 Å². The molecule has 1 unspecified atom stereocenters. The predicted octanol–water partition coefficient (Wildman–Crippen LogP) is 2.54. The number of carboxylic acids is 1. The second-order valence-electron chi connectivity index (χ2n) is 4.99. The number of carboxylic acid groups (broad SMARTS) is 1. The number of rotatable bonds is 3. The van der Waals surface area contributed by atoms with E-state index in [1.807, 2.05) is 6.92 Å². The summed E-state index contributed by atoms with van der Waals surface area (Å²) in [6.07, 6.45) is 8.23. The summed E-state index contributed by atoms with van der Waals surface area (Å²) in [4.78, 5) is 10.9. The second-order valence-corrected chi connectivity index (χ2v) is 4.99. The molecule has 15 heavy (non-hydrogen) atoms. The quantitative estimate of drug-likeness (QED) is 0.757. The van der Waals surface area contributed by atoms with Gasteiger partial charge in [-0.15, -0.1) is 0 Å². The molecular weight excluding hydrogens is 190 g/mol.